The summed E-state index contributed by atoms with van der Waals surface area (Å²) < 4.78 is 5.41. The van der Waals surface area contributed by atoms with E-state index in [0.717, 1.165) is 5.56 Å². The van der Waals surface area contributed by atoms with Crippen LogP contribution in [0.1, 0.15) is 42.3 Å². The summed E-state index contributed by atoms with van der Waals surface area (Å²) >= 11 is 11.9. The summed E-state index contributed by atoms with van der Waals surface area (Å²) in [5.41, 5.74) is 3.98. The molecule has 0 aromatic heterocycles. The zero-order valence-electron chi connectivity index (χ0n) is 20.4. The number of carbonyl (C=O) groups is 3. The number of nitrogens with zero attached hydrogens (tertiary/aromatic N) is 1. The van der Waals surface area contributed by atoms with Gasteiger partial charge in [-0.05, 0) is 66.2 Å². The van der Waals surface area contributed by atoms with Crippen LogP contribution in [0.5, 0.6) is 5.75 Å². The van der Waals surface area contributed by atoms with E-state index in [9.17, 15) is 14.4 Å². The van der Waals surface area contributed by atoms with Crippen LogP contribution >= 0.6 is 23.2 Å². The number of amides is 2. The highest BCUT2D eigenvalue weighted by Crippen LogP contribution is 2.22. The molecule has 0 aliphatic heterocycles. The molecule has 0 bridgehead atoms. The molecule has 0 unspecified atom stereocenters. The number of esters is 1. The van der Waals surface area contributed by atoms with E-state index in [1.807, 2.05) is 20.8 Å². The predicted molar refractivity (Wildman–Crippen MR) is 147 cm³/mol. The first-order valence-electron chi connectivity index (χ1n) is 11.2. The first kappa shape index (κ1) is 27.6. The van der Waals surface area contributed by atoms with E-state index >= 15 is 0 Å². The fourth-order valence-electron chi connectivity index (χ4n) is 2.84. The van der Waals surface area contributed by atoms with E-state index in [1.54, 1.807) is 66.7 Å². The Morgan fingerprint density at radius 3 is 2.19 bits per heavy atom. The summed E-state index contributed by atoms with van der Waals surface area (Å²) in [5, 5.41) is 7.75. The van der Waals surface area contributed by atoms with E-state index in [2.05, 4.69) is 15.8 Å². The molecule has 0 saturated carbocycles. The van der Waals surface area contributed by atoms with Crippen LogP contribution < -0.4 is 15.5 Å². The van der Waals surface area contributed by atoms with Gasteiger partial charge in [0.25, 0.3) is 5.91 Å². The minimum absolute atomic E-state index is 0.132. The van der Waals surface area contributed by atoms with Crippen molar-refractivity contribution in [2.75, 3.05) is 5.32 Å². The van der Waals surface area contributed by atoms with Crippen molar-refractivity contribution in [1.82, 2.24) is 5.43 Å². The van der Waals surface area contributed by atoms with Crippen molar-refractivity contribution < 1.29 is 19.1 Å². The van der Waals surface area contributed by atoms with Gasteiger partial charge in [-0.15, -0.1) is 0 Å². The summed E-state index contributed by atoms with van der Waals surface area (Å²) in [6.07, 6.45) is 4.21. The number of benzene rings is 3. The SMILES string of the molecule is CC(C)(C)C(=O)Nc1ccc(C(=O)N/N=C/c2cc(Cl)ccc2OC(=O)/C=C/c2ccc(Cl)cc2)cc1. The van der Waals surface area contributed by atoms with Crippen LogP contribution in [0.2, 0.25) is 10.0 Å². The van der Waals surface area contributed by atoms with Crippen molar-refractivity contribution in [3.8, 4) is 5.75 Å². The third-order valence-electron chi connectivity index (χ3n) is 4.92. The van der Waals surface area contributed by atoms with Gasteiger partial charge in [0.15, 0.2) is 0 Å². The van der Waals surface area contributed by atoms with Gasteiger partial charge in [0, 0.05) is 38.4 Å². The maximum Gasteiger partial charge on any atom is 0.336 e. The molecular weight excluding hydrogens is 513 g/mol. The Balaban J connectivity index is 1.62. The highest BCUT2D eigenvalue weighted by molar-refractivity contribution is 6.31. The Kier molecular flexibility index (Phi) is 9.22. The first-order chi connectivity index (χ1) is 17.5. The quantitative estimate of drug-likeness (QED) is 0.120. The summed E-state index contributed by atoms with van der Waals surface area (Å²) in [7, 11) is 0. The number of rotatable bonds is 7. The molecule has 9 heteroatoms. The van der Waals surface area contributed by atoms with Crippen molar-refractivity contribution >= 4 is 59.0 Å². The van der Waals surface area contributed by atoms with E-state index in [0.29, 0.717) is 26.9 Å². The lowest BCUT2D eigenvalue weighted by Gasteiger charge is -2.17. The highest BCUT2D eigenvalue weighted by Gasteiger charge is 2.21. The maximum absolute atomic E-state index is 12.5. The fourth-order valence-corrected chi connectivity index (χ4v) is 3.15. The number of ether oxygens (including phenoxy) is 1. The van der Waals surface area contributed by atoms with E-state index < -0.39 is 17.3 Å². The molecule has 0 saturated heterocycles. The van der Waals surface area contributed by atoms with Crippen LogP contribution in [0.3, 0.4) is 0 Å². The summed E-state index contributed by atoms with van der Waals surface area (Å²) in [5.74, 6) is -0.981. The zero-order valence-corrected chi connectivity index (χ0v) is 21.9. The average Bonchev–Trinajstić information content (AvgIpc) is 2.85. The number of hydrogen-bond donors (Lipinski definition) is 2. The lowest BCUT2D eigenvalue weighted by molar-refractivity contribution is -0.129. The molecule has 0 aliphatic carbocycles. The first-order valence-corrected chi connectivity index (χ1v) is 12.0. The topological polar surface area (TPSA) is 96.9 Å². The molecule has 3 aromatic rings. The summed E-state index contributed by atoms with van der Waals surface area (Å²) in [6, 6.07) is 18.0. The molecule has 2 N–H and O–H groups in total. The number of carbonyl (C=O) groups excluding carboxylic acids is 3. The second kappa shape index (κ2) is 12.3. The predicted octanol–water partition coefficient (Wildman–Crippen LogP) is 6.36. The number of nitrogens with one attached hydrogen (secondary N) is 2. The molecule has 2 amide bonds. The highest BCUT2D eigenvalue weighted by atomic mass is 35.5. The van der Waals surface area contributed by atoms with Gasteiger partial charge in [-0.3, -0.25) is 9.59 Å². The minimum Gasteiger partial charge on any atom is -0.423 e. The van der Waals surface area contributed by atoms with Crippen molar-refractivity contribution in [2.24, 2.45) is 10.5 Å². The Morgan fingerprint density at radius 2 is 1.54 bits per heavy atom. The molecule has 7 nitrogen and oxygen atoms in total. The van der Waals surface area contributed by atoms with E-state index in [-0.39, 0.29) is 11.7 Å². The number of anilines is 1. The van der Waals surface area contributed by atoms with Crippen LogP contribution in [-0.4, -0.2) is 24.0 Å². The maximum atomic E-state index is 12.5. The number of hydrazone groups is 1. The molecular formula is C28H25Cl2N3O4. The monoisotopic (exact) mass is 537 g/mol. The third kappa shape index (κ3) is 8.59. The van der Waals surface area contributed by atoms with Gasteiger partial charge in [0.05, 0.1) is 6.21 Å². The van der Waals surface area contributed by atoms with Crippen molar-refractivity contribution in [1.29, 1.82) is 0 Å². The minimum atomic E-state index is -0.602. The van der Waals surface area contributed by atoms with Crippen LogP contribution in [0, 0.1) is 5.41 Å². The second-order valence-electron chi connectivity index (χ2n) is 8.97. The van der Waals surface area contributed by atoms with Crippen LogP contribution in [0.4, 0.5) is 5.69 Å². The molecule has 3 aromatic carbocycles. The molecule has 190 valence electrons. The fraction of sp³-hybridized carbons (Fsp3) is 0.143. The van der Waals surface area contributed by atoms with E-state index in [1.165, 1.54) is 18.4 Å². The van der Waals surface area contributed by atoms with Gasteiger partial charge < -0.3 is 10.1 Å². The largest absolute Gasteiger partial charge is 0.423 e. The Hall–Kier alpha value is -3.94. The molecule has 0 spiro atoms. The van der Waals surface area contributed by atoms with Crippen molar-refractivity contribution in [3.63, 3.8) is 0 Å². The van der Waals surface area contributed by atoms with Gasteiger partial charge in [0.1, 0.15) is 5.75 Å². The van der Waals surface area contributed by atoms with Crippen LogP contribution in [0.25, 0.3) is 6.08 Å². The molecule has 0 radical (unpaired) electrons. The molecule has 0 heterocycles. The van der Waals surface area contributed by atoms with Crippen LogP contribution in [-0.2, 0) is 9.59 Å². The molecule has 3 rings (SSSR count). The molecule has 37 heavy (non-hydrogen) atoms. The lowest BCUT2D eigenvalue weighted by atomic mass is 9.95. The smallest absolute Gasteiger partial charge is 0.336 e. The van der Waals surface area contributed by atoms with Crippen molar-refractivity contribution in [2.45, 2.75) is 20.8 Å². The van der Waals surface area contributed by atoms with E-state index in [4.69, 9.17) is 27.9 Å². The molecule has 0 atom stereocenters. The molecule has 0 fully saturated rings. The number of halogens is 2. The van der Waals surface area contributed by atoms with Gasteiger partial charge in [-0.2, -0.15) is 5.10 Å². The number of hydrogen-bond acceptors (Lipinski definition) is 5. The van der Waals surface area contributed by atoms with Gasteiger partial charge in [0.2, 0.25) is 5.91 Å². The summed E-state index contributed by atoms with van der Waals surface area (Å²) in [4.78, 5) is 36.9. The standard InChI is InChI=1S/C28H25Cl2N3O4/c1-28(2,3)27(36)32-23-12-7-19(8-13-23)26(35)33-31-17-20-16-22(30)11-14-24(20)37-25(34)15-6-18-4-9-21(29)10-5-18/h4-17H,1-3H3,(H,32,36)(H,33,35)/b15-6+,31-17+. The summed E-state index contributed by atoms with van der Waals surface area (Å²) in [6.45, 7) is 5.44. The zero-order chi connectivity index (χ0) is 27.0. The van der Waals surface area contributed by atoms with Gasteiger partial charge in [-0.25, -0.2) is 10.2 Å². The van der Waals surface area contributed by atoms with Crippen LogP contribution in [0.15, 0.2) is 77.9 Å². The van der Waals surface area contributed by atoms with Gasteiger partial charge >= 0.3 is 5.97 Å². The average molecular weight is 538 g/mol. The lowest BCUT2D eigenvalue weighted by Crippen LogP contribution is -2.27. The Labute approximate surface area is 225 Å². The third-order valence-corrected chi connectivity index (χ3v) is 5.41. The Bertz CT molecular complexity index is 1340. The molecule has 0 aliphatic rings. The van der Waals surface area contributed by atoms with Gasteiger partial charge in [-0.1, -0.05) is 56.1 Å². The Morgan fingerprint density at radius 1 is 0.892 bits per heavy atom. The second-order valence-corrected chi connectivity index (χ2v) is 9.84. The normalized spacial score (nSPS) is 11.5. The van der Waals surface area contributed by atoms with Crippen molar-refractivity contribution in [3.05, 3.63) is 99.5 Å².